The van der Waals surface area contributed by atoms with E-state index in [-0.39, 0.29) is 0 Å². The third-order valence-corrected chi connectivity index (χ3v) is 2.94. The van der Waals surface area contributed by atoms with Crippen molar-refractivity contribution in [1.82, 2.24) is 5.16 Å². The summed E-state index contributed by atoms with van der Waals surface area (Å²) in [6.07, 6.45) is 2.27. The van der Waals surface area contributed by atoms with Gasteiger partial charge in [0.2, 0.25) is 0 Å². The number of nitrogens with zero attached hydrogens (tertiary/aromatic N) is 1. The highest BCUT2D eigenvalue weighted by molar-refractivity contribution is 5.62. The van der Waals surface area contributed by atoms with Crippen LogP contribution in [-0.2, 0) is 13.0 Å². The maximum atomic E-state index is 5.71. The number of rotatable bonds is 4. The summed E-state index contributed by atoms with van der Waals surface area (Å²) in [6, 6.07) is 8.42. The lowest BCUT2D eigenvalue weighted by Crippen LogP contribution is -1.98. The number of aryl methyl sites for hydroxylation is 2. The first-order chi connectivity index (χ1) is 8.26. The van der Waals surface area contributed by atoms with Crippen molar-refractivity contribution in [1.29, 1.82) is 0 Å². The second-order valence-electron chi connectivity index (χ2n) is 4.23. The van der Waals surface area contributed by atoms with Crippen molar-refractivity contribution in [3.63, 3.8) is 0 Å². The zero-order valence-corrected chi connectivity index (χ0v) is 10.4. The number of hydrogen-bond donors (Lipinski definition) is 1. The topological polar surface area (TPSA) is 52.0 Å². The quantitative estimate of drug-likeness (QED) is 0.878. The van der Waals surface area contributed by atoms with Gasteiger partial charge in [-0.05, 0) is 18.9 Å². The van der Waals surface area contributed by atoms with Gasteiger partial charge in [-0.15, -0.1) is 0 Å². The van der Waals surface area contributed by atoms with Gasteiger partial charge in [0.1, 0.15) is 0 Å². The van der Waals surface area contributed by atoms with E-state index in [1.54, 1.807) is 0 Å². The average Bonchev–Trinajstić information content (AvgIpc) is 2.72. The van der Waals surface area contributed by atoms with E-state index in [4.69, 9.17) is 10.3 Å². The van der Waals surface area contributed by atoms with Gasteiger partial charge >= 0.3 is 0 Å². The van der Waals surface area contributed by atoms with Crippen molar-refractivity contribution < 1.29 is 4.52 Å². The Kier molecular flexibility index (Phi) is 3.59. The van der Waals surface area contributed by atoms with Crippen molar-refractivity contribution >= 4 is 0 Å². The van der Waals surface area contributed by atoms with Crippen LogP contribution in [-0.4, -0.2) is 5.16 Å². The van der Waals surface area contributed by atoms with Gasteiger partial charge in [-0.1, -0.05) is 42.8 Å². The summed E-state index contributed by atoms with van der Waals surface area (Å²) in [5, 5.41) is 3.97. The van der Waals surface area contributed by atoms with E-state index in [0.29, 0.717) is 6.54 Å². The van der Waals surface area contributed by atoms with Crippen molar-refractivity contribution in [2.24, 2.45) is 5.73 Å². The summed E-state index contributed by atoms with van der Waals surface area (Å²) in [6.45, 7) is 4.56. The summed E-state index contributed by atoms with van der Waals surface area (Å²) in [5.74, 6) is 0.799. The van der Waals surface area contributed by atoms with E-state index in [9.17, 15) is 0 Å². The fourth-order valence-corrected chi connectivity index (χ4v) is 1.97. The molecule has 0 atom stereocenters. The van der Waals surface area contributed by atoms with Crippen LogP contribution in [0.4, 0.5) is 0 Å². The summed E-state index contributed by atoms with van der Waals surface area (Å²) in [5.41, 5.74) is 9.98. The van der Waals surface area contributed by atoms with Gasteiger partial charge in [0, 0.05) is 17.7 Å². The third kappa shape index (κ3) is 2.39. The fraction of sp³-hybridized carbons (Fsp3) is 0.357. The average molecular weight is 230 g/mol. The highest BCUT2D eigenvalue weighted by atomic mass is 16.5. The SMILES string of the molecule is CCCc1ccc(-c2onc(C)c2CN)cc1. The van der Waals surface area contributed by atoms with E-state index < -0.39 is 0 Å². The summed E-state index contributed by atoms with van der Waals surface area (Å²) in [7, 11) is 0. The molecule has 1 aromatic heterocycles. The minimum absolute atomic E-state index is 0.460. The first-order valence-corrected chi connectivity index (χ1v) is 6.00. The molecule has 0 spiro atoms. The lowest BCUT2D eigenvalue weighted by atomic mass is 10.0. The Hall–Kier alpha value is -1.61. The summed E-state index contributed by atoms with van der Waals surface area (Å²) < 4.78 is 5.34. The van der Waals surface area contributed by atoms with E-state index in [1.165, 1.54) is 5.56 Å². The molecule has 0 amide bonds. The minimum Gasteiger partial charge on any atom is -0.356 e. The highest BCUT2D eigenvalue weighted by Gasteiger charge is 2.12. The zero-order chi connectivity index (χ0) is 12.3. The van der Waals surface area contributed by atoms with Crippen LogP contribution in [0.25, 0.3) is 11.3 Å². The molecular formula is C14H18N2O. The van der Waals surface area contributed by atoms with Gasteiger partial charge in [0.25, 0.3) is 0 Å². The molecule has 0 saturated heterocycles. The van der Waals surface area contributed by atoms with E-state index in [2.05, 4.69) is 36.3 Å². The van der Waals surface area contributed by atoms with Crippen molar-refractivity contribution in [2.75, 3.05) is 0 Å². The smallest absolute Gasteiger partial charge is 0.171 e. The highest BCUT2D eigenvalue weighted by Crippen LogP contribution is 2.26. The molecule has 0 saturated carbocycles. The molecule has 0 bridgehead atoms. The van der Waals surface area contributed by atoms with Gasteiger partial charge in [-0.3, -0.25) is 0 Å². The molecule has 3 nitrogen and oxygen atoms in total. The van der Waals surface area contributed by atoms with Crippen LogP contribution in [0.3, 0.4) is 0 Å². The normalized spacial score (nSPS) is 10.8. The molecule has 90 valence electrons. The van der Waals surface area contributed by atoms with E-state index >= 15 is 0 Å². The Morgan fingerprint density at radius 2 is 1.94 bits per heavy atom. The van der Waals surface area contributed by atoms with Crippen LogP contribution in [0.15, 0.2) is 28.8 Å². The molecule has 1 heterocycles. The lowest BCUT2D eigenvalue weighted by Gasteiger charge is -2.02. The summed E-state index contributed by atoms with van der Waals surface area (Å²) in [4.78, 5) is 0. The predicted molar refractivity (Wildman–Crippen MR) is 68.6 cm³/mol. The molecule has 0 radical (unpaired) electrons. The first kappa shape index (κ1) is 11.9. The number of aromatic nitrogens is 1. The van der Waals surface area contributed by atoms with Crippen LogP contribution in [0.1, 0.15) is 30.2 Å². The number of benzene rings is 1. The van der Waals surface area contributed by atoms with Crippen LogP contribution >= 0.6 is 0 Å². The van der Waals surface area contributed by atoms with Crippen molar-refractivity contribution in [2.45, 2.75) is 33.2 Å². The fourth-order valence-electron chi connectivity index (χ4n) is 1.97. The molecular weight excluding hydrogens is 212 g/mol. The first-order valence-electron chi connectivity index (χ1n) is 6.00. The van der Waals surface area contributed by atoms with Gasteiger partial charge in [-0.25, -0.2) is 0 Å². The molecule has 2 rings (SSSR count). The zero-order valence-electron chi connectivity index (χ0n) is 10.4. The third-order valence-electron chi connectivity index (χ3n) is 2.94. The van der Waals surface area contributed by atoms with Crippen LogP contribution < -0.4 is 5.73 Å². The second kappa shape index (κ2) is 5.15. The Bertz CT molecular complexity index is 485. The van der Waals surface area contributed by atoms with Crippen molar-refractivity contribution in [3.05, 3.63) is 41.1 Å². The Balaban J connectivity index is 2.33. The predicted octanol–water partition coefficient (Wildman–Crippen LogP) is 3.06. The largest absolute Gasteiger partial charge is 0.356 e. The molecule has 2 N–H and O–H groups in total. The molecule has 0 unspecified atom stereocenters. The van der Waals surface area contributed by atoms with E-state index in [1.807, 2.05) is 6.92 Å². The van der Waals surface area contributed by atoms with Gasteiger partial charge in [0.15, 0.2) is 5.76 Å². The molecule has 1 aromatic carbocycles. The Morgan fingerprint density at radius 1 is 1.24 bits per heavy atom. The van der Waals surface area contributed by atoms with Gasteiger partial charge in [-0.2, -0.15) is 0 Å². The molecule has 0 aliphatic heterocycles. The molecule has 3 heteroatoms. The number of hydrogen-bond acceptors (Lipinski definition) is 3. The van der Waals surface area contributed by atoms with Gasteiger partial charge in [0.05, 0.1) is 5.69 Å². The Morgan fingerprint density at radius 3 is 2.53 bits per heavy atom. The maximum Gasteiger partial charge on any atom is 0.171 e. The molecule has 0 aliphatic carbocycles. The number of nitrogens with two attached hydrogens (primary N) is 1. The van der Waals surface area contributed by atoms with Gasteiger partial charge < -0.3 is 10.3 Å². The molecule has 0 fully saturated rings. The van der Waals surface area contributed by atoms with Crippen LogP contribution in [0.5, 0.6) is 0 Å². The monoisotopic (exact) mass is 230 g/mol. The van der Waals surface area contributed by atoms with Crippen molar-refractivity contribution in [3.8, 4) is 11.3 Å². The lowest BCUT2D eigenvalue weighted by molar-refractivity contribution is 0.426. The molecule has 17 heavy (non-hydrogen) atoms. The molecule has 2 aromatic rings. The summed E-state index contributed by atoms with van der Waals surface area (Å²) >= 11 is 0. The second-order valence-corrected chi connectivity index (χ2v) is 4.23. The minimum atomic E-state index is 0.460. The Labute approximate surface area is 102 Å². The van der Waals surface area contributed by atoms with Crippen LogP contribution in [0, 0.1) is 6.92 Å². The van der Waals surface area contributed by atoms with Crippen LogP contribution in [0.2, 0.25) is 0 Å². The van der Waals surface area contributed by atoms with E-state index in [0.717, 1.165) is 35.4 Å². The standard InChI is InChI=1S/C14H18N2O/c1-3-4-11-5-7-12(8-6-11)14-13(9-15)10(2)16-17-14/h5-8H,3-4,9,15H2,1-2H3. The maximum absolute atomic E-state index is 5.71. The molecule has 0 aliphatic rings.